The molecule has 1 atom stereocenters. The number of rotatable bonds is 5. The second kappa shape index (κ2) is 7.55. The van der Waals surface area contributed by atoms with E-state index < -0.39 is 5.54 Å². The molecule has 0 radical (unpaired) electrons. The van der Waals surface area contributed by atoms with Gasteiger partial charge in [-0.3, -0.25) is 4.79 Å². The summed E-state index contributed by atoms with van der Waals surface area (Å²) in [5.41, 5.74) is 2.58. The molecule has 142 valence electrons. The van der Waals surface area contributed by atoms with Crippen molar-refractivity contribution in [1.29, 1.82) is 0 Å². The number of hydrogen-bond acceptors (Lipinski definition) is 3. The molecule has 1 unspecified atom stereocenters. The van der Waals surface area contributed by atoms with E-state index >= 15 is 0 Å². The zero-order valence-corrected chi connectivity index (χ0v) is 16.9. The Labute approximate surface area is 168 Å². The van der Waals surface area contributed by atoms with Crippen LogP contribution >= 0.6 is 23.2 Å². The van der Waals surface area contributed by atoms with Gasteiger partial charge in [0.05, 0.1) is 12.2 Å². The summed E-state index contributed by atoms with van der Waals surface area (Å²) in [6.07, 6.45) is 0.654. The van der Waals surface area contributed by atoms with Crippen LogP contribution in [0, 0.1) is 0 Å². The Morgan fingerprint density at radius 1 is 1.15 bits per heavy atom. The van der Waals surface area contributed by atoms with Gasteiger partial charge in [0.2, 0.25) is 0 Å². The highest BCUT2D eigenvalue weighted by Gasteiger charge is 2.43. The first-order valence-corrected chi connectivity index (χ1v) is 9.40. The van der Waals surface area contributed by atoms with E-state index in [2.05, 4.69) is 5.32 Å². The predicted molar refractivity (Wildman–Crippen MR) is 109 cm³/mol. The van der Waals surface area contributed by atoms with Crippen LogP contribution in [0.5, 0.6) is 0 Å². The van der Waals surface area contributed by atoms with Crippen LogP contribution in [0.1, 0.15) is 25.0 Å². The molecule has 0 saturated carbocycles. The summed E-state index contributed by atoms with van der Waals surface area (Å²) in [4.78, 5) is 12.6. The first-order chi connectivity index (χ1) is 12.8. The van der Waals surface area contributed by atoms with E-state index in [1.807, 2.05) is 37.3 Å². The molecule has 0 bridgehead atoms. The van der Waals surface area contributed by atoms with Crippen LogP contribution in [0.15, 0.2) is 42.2 Å². The fraction of sp³-hybridized carbons (Fsp3) is 0.286. The van der Waals surface area contributed by atoms with Crippen LogP contribution in [0.25, 0.3) is 16.7 Å². The van der Waals surface area contributed by atoms with E-state index in [9.17, 15) is 9.90 Å². The van der Waals surface area contributed by atoms with Gasteiger partial charge in [0.1, 0.15) is 11.3 Å². The van der Waals surface area contributed by atoms with E-state index in [1.165, 1.54) is 7.11 Å². The van der Waals surface area contributed by atoms with Crippen LogP contribution < -0.4 is 5.32 Å². The topological polar surface area (TPSA) is 58.6 Å². The molecule has 2 aromatic rings. The Morgan fingerprint density at radius 2 is 1.81 bits per heavy atom. The van der Waals surface area contributed by atoms with Crippen LogP contribution in [0.3, 0.4) is 0 Å². The van der Waals surface area contributed by atoms with Gasteiger partial charge in [0, 0.05) is 22.7 Å². The number of carbonyl (C=O) groups excluding carboxylic acids is 1. The molecule has 1 amide bonds. The molecule has 0 aliphatic carbocycles. The number of methoxy groups -OCH3 is 1. The summed E-state index contributed by atoms with van der Waals surface area (Å²) >= 11 is 12.6. The van der Waals surface area contributed by atoms with E-state index in [0.29, 0.717) is 22.0 Å². The highest BCUT2D eigenvalue weighted by atomic mass is 35.5. The maximum atomic E-state index is 12.6. The minimum absolute atomic E-state index is 0.0507. The largest absolute Gasteiger partial charge is 0.509 e. The smallest absolute Gasteiger partial charge is 0.256 e. The summed E-state index contributed by atoms with van der Waals surface area (Å²) in [6, 6.07) is 11.3. The lowest BCUT2D eigenvalue weighted by atomic mass is 9.91. The number of halogens is 2. The minimum Gasteiger partial charge on any atom is -0.509 e. The maximum absolute atomic E-state index is 12.6. The minimum atomic E-state index is -0.968. The van der Waals surface area contributed by atoms with Crippen LogP contribution in [0.4, 0.5) is 0 Å². The molecule has 1 heterocycles. The van der Waals surface area contributed by atoms with Gasteiger partial charge in [0.15, 0.2) is 0 Å². The molecule has 4 nitrogen and oxygen atoms in total. The number of nitrogens with one attached hydrogen (secondary N) is 1. The van der Waals surface area contributed by atoms with E-state index in [0.717, 1.165) is 16.7 Å². The summed E-state index contributed by atoms with van der Waals surface area (Å²) < 4.78 is 5.15. The molecule has 6 heteroatoms. The van der Waals surface area contributed by atoms with Crippen molar-refractivity contribution < 1.29 is 14.6 Å². The summed E-state index contributed by atoms with van der Waals surface area (Å²) in [5, 5.41) is 14.6. The van der Waals surface area contributed by atoms with Crippen molar-refractivity contribution in [3.05, 3.63) is 63.3 Å². The maximum Gasteiger partial charge on any atom is 0.256 e. The molecule has 0 aromatic heterocycles. The van der Waals surface area contributed by atoms with Crippen LogP contribution in [-0.2, 0) is 16.0 Å². The highest BCUT2D eigenvalue weighted by molar-refractivity contribution is 6.36. The number of ether oxygens (including phenoxy) is 1. The summed E-state index contributed by atoms with van der Waals surface area (Å²) in [6.45, 7) is 3.87. The zero-order chi connectivity index (χ0) is 19.8. The molecule has 0 spiro atoms. The Bertz CT molecular complexity index is 922. The molecule has 1 aliphatic rings. The Balaban J connectivity index is 2.15. The van der Waals surface area contributed by atoms with Gasteiger partial charge in [-0.15, -0.1) is 0 Å². The van der Waals surface area contributed by atoms with Gasteiger partial charge in [-0.1, -0.05) is 48.3 Å². The predicted octanol–water partition coefficient (Wildman–Crippen LogP) is 5.03. The van der Waals surface area contributed by atoms with Crippen molar-refractivity contribution in [3.63, 3.8) is 0 Å². The van der Waals surface area contributed by atoms with Crippen molar-refractivity contribution in [2.45, 2.75) is 25.8 Å². The molecule has 27 heavy (non-hydrogen) atoms. The van der Waals surface area contributed by atoms with E-state index in [4.69, 9.17) is 27.9 Å². The number of aliphatic hydroxyl groups is 1. The van der Waals surface area contributed by atoms with Crippen molar-refractivity contribution in [3.8, 4) is 11.1 Å². The third-order valence-corrected chi connectivity index (χ3v) is 5.34. The van der Waals surface area contributed by atoms with Crippen molar-refractivity contribution >= 4 is 34.7 Å². The van der Waals surface area contributed by atoms with Crippen molar-refractivity contribution in [1.82, 2.24) is 5.32 Å². The average molecular weight is 406 g/mol. The number of aliphatic hydroxyl groups excluding tert-OH is 1. The average Bonchev–Trinajstić information content (AvgIpc) is 2.84. The molecule has 2 aromatic carbocycles. The first-order valence-electron chi connectivity index (χ1n) is 8.64. The zero-order valence-electron chi connectivity index (χ0n) is 15.4. The third-order valence-electron chi connectivity index (χ3n) is 4.79. The normalized spacial score (nSPS) is 19.5. The van der Waals surface area contributed by atoms with Gasteiger partial charge in [-0.2, -0.15) is 0 Å². The first kappa shape index (κ1) is 19.7. The standard InChI is InChI=1S/C21H21Cl2NO3/c1-4-12-9-14(13-5-7-15(22)8-6-13)10-16(23)17(12)18-19(25)21(2,11-27-3)24-20(18)26/h5-10,25H,4,11H2,1-3H3,(H,24,26). The Morgan fingerprint density at radius 3 is 2.41 bits per heavy atom. The molecule has 1 aliphatic heterocycles. The fourth-order valence-electron chi connectivity index (χ4n) is 3.41. The SMILES string of the molecule is CCc1cc(-c2ccc(Cl)cc2)cc(Cl)c1C1=C(O)C(C)(COC)NC1=O. The van der Waals surface area contributed by atoms with E-state index in [1.54, 1.807) is 13.0 Å². The number of aryl methyl sites for hydroxylation is 1. The highest BCUT2D eigenvalue weighted by Crippen LogP contribution is 2.39. The third kappa shape index (κ3) is 3.57. The molecular weight excluding hydrogens is 385 g/mol. The van der Waals surface area contributed by atoms with Gasteiger partial charge in [-0.25, -0.2) is 0 Å². The second-order valence-electron chi connectivity index (χ2n) is 6.80. The molecule has 0 saturated heterocycles. The van der Waals surface area contributed by atoms with Gasteiger partial charge >= 0.3 is 0 Å². The van der Waals surface area contributed by atoms with Crippen molar-refractivity contribution in [2.24, 2.45) is 0 Å². The lowest BCUT2D eigenvalue weighted by molar-refractivity contribution is -0.116. The lowest BCUT2D eigenvalue weighted by Gasteiger charge is -2.23. The lowest BCUT2D eigenvalue weighted by Crippen LogP contribution is -2.45. The Kier molecular flexibility index (Phi) is 5.52. The van der Waals surface area contributed by atoms with Gasteiger partial charge < -0.3 is 15.2 Å². The monoisotopic (exact) mass is 405 g/mol. The van der Waals surface area contributed by atoms with E-state index in [-0.39, 0.29) is 23.8 Å². The summed E-state index contributed by atoms with van der Waals surface area (Å²) in [7, 11) is 1.52. The molecular formula is C21H21Cl2NO3. The van der Waals surface area contributed by atoms with Crippen LogP contribution in [-0.4, -0.2) is 30.3 Å². The molecule has 0 fully saturated rings. The van der Waals surface area contributed by atoms with Gasteiger partial charge in [-0.05, 0) is 48.2 Å². The summed E-state index contributed by atoms with van der Waals surface area (Å²) in [5.74, 6) is -0.409. The van der Waals surface area contributed by atoms with Crippen molar-refractivity contribution in [2.75, 3.05) is 13.7 Å². The van der Waals surface area contributed by atoms with Gasteiger partial charge in [0.25, 0.3) is 5.91 Å². The number of amides is 1. The molecule has 3 rings (SSSR count). The Hall–Kier alpha value is -2.01. The number of hydrogen-bond donors (Lipinski definition) is 2. The molecule has 2 N–H and O–H groups in total. The second-order valence-corrected chi connectivity index (χ2v) is 7.64. The fourth-order valence-corrected chi connectivity index (χ4v) is 3.87. The number of carbonyl (C=O) groups is 1. The number of benzene rings is 2. The van der Waals surface area contributed by atoms with Crippen LogP contribution in [0.2, 0.25) is 10.0 Å². The quantitative estimate of drug-likeness (QED) is 0.733.